The van der Waals surface area contributed by atoms with Crippen LogP contribution < -0.4 is 0 Å². The predicted octanol–water partition coefficient (Wildman–Crippen LogP) is 0.225. The van der Waals surface area contributed by atoms with Crippen molar-refractivity contribution in [2.45, 2.75) is 38.9 Å². The predicted molar refractivity (Wildman–Crippen MR) is 46.5 cm³/mol. The van der Waals surface area contributed by atoms with Crippen LogP contribution in [-0.4, -0.2) is 34.0 Å². The molecule has 0 aliphatic rings. The lowest BCUT2D eigenvalue weighted by Crippen LogP contribution is -2.02. The van der Waals surface area contributed by atoms with Crippen molar-refractivity contribution in [3.8, 4) is 0 Å². The van der Waals surface area contributed by atoms with E-state index in [1.54, 1.807) is 0 Å². The van der Waals surface area contributed by atoms with Crippen LogP contribution in [0.25, 0.3) is 0 Å². The standard InChI is InChI=1S/C6H14O2.H2O4S/c1-2-3-4-5-6(7)8;1-5(2,3)4/h6-8H,2-5H2,1H3;(H2,1,2,3,4). The first-order valence-corrected chi connectivity index (χ1v) is 5.23. The van der Waals surface area contributed by atoms with Gasteiger partial charge in [0.2, 0.25) is 0 Å². The summed E-state index contributed by atoms with van der Waals surface area (Å²) in [5.74, 6) is 0. The minimum Gasteiger partial charge on any atom is -0.368 e. The summed E-state index contributed by atoms with van der Waals surface area (Å²) in [6.45, 7) is 2.09. The average Bonchev–Trinajstić information content (AvgIpc) is 1.83. The fourth-order valence-electron chi connectivity index (χ4n) is 0.577. The molecule has 7 heteroatoms. The number of aliphatic hydroxyl groups is 2. The van der Waals surface area contributed by atoms with Gasteiger partial charge in [-0.05, 0) is 12.8 Å². The number of hydrogen-bond acceptors (Lipinski definition) is 4. The zero-order chi connectivity index (χ0) is 10.9. The monoisotopic (exact) mass is 216 g/mol. The van der Waals surface area contributed by atoms with Crippen LogP contribution in [0.1, 0.15) is 32.6 Å². The van der Waals surface area contributed by atoms with Crippen LogP contribution in [0.15, 0.2) is 0 Å². The maximum atomic E-state index is 8.74. The molecule has 82 valence electrons. The van der Waals surface area contributed by atoms with E-state index in [-0.39, 0.29) is 0 Å². The molecule has 0 heterocycles. The molecule has 0 radical (unpaired) electrons. The first-order valence-electron chi connectivity index (χ1n) is 3.83. The van der Waals surface area contributed by atoms with E-state index in [4.69, 9.17) is 27.7 Å². The summed E-state index contributed by atoms with van der Waals surface area (Å²) in [6, 6.07) is 0. The van der Waals surface area contributed by atoms with Crippen LogP contribution in [0.5, 0.6) is 0 Å². The molecule has 0 atom stereocenters. The van der Waals surface area contributed by atoms with Crippen molar-refractivity contribution >= 4 is 10.4 Å². The maximum Gasteiger partial charge on any atom is 0.394 e. The van der Waals surface area contributed by atoms with Gasteiger partial charge in [0.15, 0.2) is 6.29 Å². The summed E-state index contributed by atoms with van der Waals surface area (Å²) in [4.78, 5) is 0. The molecule has 0 aromatic heterocycles. The first-order chi connectivity index (χ1) is 5.77. The van der Waals surface area contributed by atoms with Gasteiger partial charge in [0.1, 0.15) is 0 Å². The van der Waals surface area contributed by atoms with Crippen LogP contribution >= 0.6 is 0 Å². The second kappa shape index (κ2) is 8.39. The molecule has 0 spiro atoms. The molecule has 0 aliphatic carbocycles. The summed E-state index contributed by atoms with van der Waals surface area (Å²) in [7, 11) is -4.67. The molecule has 4 N–H and O–H groups in total. The SMILES string of the molecule is CCCCCC(O)O.O=S(=O)(O)O. The Morgan fingerprint density at radius 3 is 1.77 bits per heavy atom. The van der Waals surface area contributed by atoms with Crippen molar-refractivity contribution in [2.75, 3.05) is 0 Å². The molecule has 6 nitrogen and oxygen atoms in total. The largest absolute Gasteiger partial charge is 0.394 e. The fourth-order valence-corrected chi connectivity index (χ4v) is 0.577. The summed E-state index contributed by atoms with van der Waals surface area (Å²) < 4.78 is 31.6. The lowest BCUT2D eigenvalue weighted by atomic mass is 10.2. The van der Waals surface area contributed by atoms with Crippen molar-refractivity contribution in [1.29, 1.82) is 0 Å². The lowest BCUT2D eigenvalue weighted by molar-refractivity contribution is -0.0465. The molecule has 13 heavy (non-hydrogen) atoms. The minimum atomic E-state index is -4.67. The van der Waals surface area contributed by atoms with Crippen LogP contribution in [-0.2, 0) is 10.4 Å². The average molecular weight is 216 g/mol. The Bertz CT molecular complexity index is 177. The first kappa shape index (κ1) is 15.3. The molecular weight excluding hydrogens is 200 g/mol. The quantitative estimate of drug-likeness (QED) is 0.303. The highest BCUT2D eigenvalue weighted by Gasteiger charge is 1.93. The minimum absolute atomic E-state index is 0.522. The highest BCUT2D eigenvalue weighted by molar-refractivity contribution is 7.79. The summed E-state index contributed by atoms with van der Waals surface area (Å²) >= 11 is 0. The van der Waals surface area contributed by atoms with E-state index in [9.17, 15) is 0 Å². The van der Waals surface area contributed by atoms with Gasteiger partial charge in [-0.1, -0.05) is 19.8 Å². The summed E-state index contributed by atoms with van der Waals surface area (Å²) in [5, 5.41) is 16.7. The zero-order valence-corrected chi connectivity index (χ0v) is 8.24. The fraction of sp³-hybridized carbons (Fsp3) is 1.00. The molecule has 0 amide bonds. The third-order valence-corrected chi connectivity index (χ3v) is 1.07. The van der Waals surface area contributed by atoms with Gasteiger partial charge in [-0.3, -0.25) is 9.11 Å². The Morgan fingerprint density at radius 2 is 1.54 bits per heavy atom. The summed E-state index contributed by atoms with van der Waals surface area (Å²) in [6.07, 6.45) is 2.58. The highest BCUT2D eigenvalue weighted by Crippen LogP contribution is 1.99. The summed E-state index contributed by atoms with van der Waals surface area (Å²) in [5.41, 5.74) is 0. The third kappa shape index (κ3) is 49.3. The van der Waals surface area contributed by atoms with Gasteiger partial charge in [-0.2, -0.15) is 8.42 Å². The second-order valence-corrected chi connectivity index (χ2v) is 3.32. The smallest absolute Gasteiger partial charge is 0.368 e. The molecule has 0 saturated carbocycles. The van der Waals surface area contributed by atoms with Crippen molar-refractivity contribution in [3.05, 3.63) is 0 Å². The van der Waals surface area contributed by atoms with Crippen molar-refractivity contribution in [1.82, 2.24) is 0 Å². The van der Waals surface area contributed by atoms with E-state index in [1.165, 1.54) is 0 Å². The molecule has 0 aromatic carbocycles. The molecule has 0 rings (SSSR count). The molecule has 0 bridgehead atoms. The third-order valence-electron chi connectivity index (χ3n) is 1.07. The van der Waals surface area contributed by atoms with Gasteiger partial charge in [0.05, 0.1) is 0 Å². The Balaban J connectivity index is 0. The number of rotatable bonds is 4. The van der Waals surface area contributed by atoms with E-state index < -0.39 is 16.7 Å². The van der Waals surface area contributed by atoms with Gasteiger partial charge in [-0.25, -0.2) is 0 Å². The van der Waals surface area contributed by atoms with Gasteiger partial charge in [0, 0.05) is 0 Å². The van der Waals surface area contributed by atoms with E-state index >= 15 is 0 Å². The second-order valence-electron chi connectivity index (χ2n) is 2.42. The Kier molecular flexibility index (Phi) is 9.86. The maximum absolute atomic E-state index is 8.74. The number of aliphatic hydroxyl groups excluding tert-OH is 1. The van der Waals surface area contributed by atoms with Crippen LogP contribution in [0, 0.1) is 0 Å². The van der Waals surface area contributed by atoms with E-state index in [0.717, 1.165) is 19.3 Å². The molecule has 0 fully saturated rings. The topological polar surface area (TPSA) is 115 Å². The van der Waals surface area contributed by atoms with Crippen molar-refractivity contribution < 1.29 is 27.7 Å². The molecule has 0 aliphatic heterocycles. The van der Waals surface area contributed by atoms with Crippen LogP contribution in [0.2, 0.25) is 0 Å². The zero-order valence-electron chi connectivity index (χ0n) is 7.42. The number of unbranched alkanes of at least 4 members (excludes halogenated alkanes) is 2. The molecule has 0 aromatic rings. The number of hydrogen-bond donors (Lipinski definition) is 4. The van der Waals surface area contributed by atoms with E-state index in [1.807, 2.05) is 0 Å². The van der Waals surface area contributed by atoms with Gasteiger partial charge < -0.3 is 10.2 Å². The Labute approximate surface area is 77.8 Å². The molecule has 0 saturated heterocycles. The Hall–Kier alpha value is -0.210. The molecule has 0 unspecified atom stereocenters. The highest BCUT2D eigenvalue weighted by atomic mass is 32.3. The van der Waals surface area contributed by atoms with Crippen LogP contribution in [0.4, 0.5) is 0 Å². The Morgan fingerprint density at radius 1 is 1.15 bits per heavy atom. The molecular formula is C6H16O6S. The van der Waals surface area contributed by atoms with E-state index in [0.29, 0.717) is 6.42 Å². The van der Waals surface area contributed by atoms with Crippen molar-refractivity contribution in [2.24, 2.45) is 0 Å². The van der Waals surface area contributed by atoms with E-state index in [2.05, 4.69) is 6.92 Å². The van der Waals surface area contributed by atoms with Crippen LogP contribution in [0.3, 0.4) is 0 Å². The van der Waals surface area contributed by atoms with Crippen molar-refractivity contribution in [3.63, 3.8) is 0 Å². The lowest BCUT2D eigenvalue weighted by Gasteiger charge is -1.99. The van der Waals surface area contributed by atoms with Gasteiger partial charge >= 0.3 is 10.4 Å². The normalized spacial score (nSPS) is 10.9. The van der Waals surface area contributed by atoms with Gasteiger partial charge in [-0.15, -0.1) is 0 Å². The van der Waals surface area contributed by atoms with Gasteiger partial charge in [0.25, 0.3) is 0 Å².